The Morgan fingerprint density at radius 3 is 2.47 bits per heavy atom. The molecule has 0 amide bonds. The summed E-state index contributed by atoms with van der Waals surface area (Å²) in [5.41, 5.74) is 8.59. The van der Waals surface area contributed by atoms with Crippen LogP contribution >= 0.6 is 0 Å². The van der Waals surface area contributed by atoms with Crippen LogP contribution in [0.2, 0.25) is 0 Å². The molecule has 1 saturated carbocycles. The minimum absolute atomic E-state index is 0.0485. The molecule has 1 aromatic carbocycles. The summed E-state index contributed by atoms with van der Waals surface area (Å²) in [5.74, 6) is 0.490. The highest BCUT2D eigenvalue weighted by atomic mass is 16.1. The Kier molecular flexibility index (Phi) is 2.93. The summed E-state index contributed by atoms with van der Waals surface area (Å²) in [7, 11) is 0. The summed E-state index contributed by atoms with van der Waals surface area (Å²) in [6.45, 7) is 3.43. The maximum absolute atomic E-state index is 12.3. The van der Waals surface area contributed by atoms with Crippen LogP contribution in [0.4, 0.5) is 5.69 Å². The van der Waals surface area contributed by atoms with Gasteiger partial charge in [-0.2, -0.15) is 0 Å². The van der Waals surface area contributed by atoms with E-state index in [9.17, 15) is 4.79 Å². The first-order valence-electron chi connectivity index (χ1n) is 6.85. The smallest absolute Gasteiger partial charge is 0.290 e. The van der Waals surface area contributed by atoms with Crippen LogP contribution in [-0.4, -0.2) is 9.36 Å². The van der Waals surface area contributed by atoms with Crippen LogP contribution < -0.4 is 11.3 Å². The highest BCUT2D eigenvalue weighted by Crippen LogP contribution is 2.42. The minimum atomic E-state index is -0.0485. The van der Waals surface area contributed by atoms with Gasteiger partial charge in [0.15, 0.2) is 0 Å². The lowest BCUT2D eigenvalue weighted by molar-refractivity contribution is 0.473. The van der Waals surface area contributed by atoms with Crippen molar-refractivity contribution in [1.82, 2.24) is 9.36 Å². The van der Waals surface area contributed by atoms with Gasteiger partial charge in [0.2, 0.25) is 0 Å². The largest absolute Gasteiger partial charge is 0.393 e. The fraction of sp³-hybridized carbons (Fsp3) is 0.400. The molecule has 0 bridgehead atoms. The van der Waals surface area contributed by atoms with Gasteiger partial charge in [-0.3, -0.25) is 9.48 Å². The Morgan fingerprint density at radius 1 is 1.21 bits per heavy atom. The van der Waals surface area contributed by atoms with Crippen molar-refractivity contribution < 1.29 is 0 Å². The van der Waals surface area contributed by atoms with Crippen LogP contribution in [0.15, 0.2) is 35.1 Å². The molecule has 0 atom stereocenters. The zero-order valence-corrected chi connectivity index (χ0v) is 11.2. The number of benzene rings is 1. The van der Waals surface area contributed by atoms with E-state index in [0.717, 1.165) is 30.6 Å². The van der Waals surface area contributed by atoms with Crippen molar-refractivity contribution in [2.45, 2.75) is 38.8 Å². The SMILES string of the molecule is CCn1c(C2CC2)c(N)c(=O)n1Cc1ccccc1. The predicted octanol–water partition coefficient (Wildman–Crippen LogP) is 2.18. The molecule has 4 heteroatoms. The Hall–Kier alpha value is -1.97. The zero-order chi connectivity index (χ0) is 13.4. The molecule has 1 aliphatic carbocycles. The molecule has 1 aromatic heterocycles. The van der Waals surface area contributed by atoms with E-state index < -0.39 is 0 Å². The lowest BCUT2D eigenvalue weighted by Gasteiger charge is -2.12. The normalized spacial score (nSPS) is 14.8. The fourth-order valence-corrected chi connectivity index (χ4v) is 2.67. The molecule has 0 saturated heterocycles. The lowest BCUT2D eigenvalue weighted by Crippen LogP contribution is -2.24. The van der Waals surface area contributed by atoms with Crippen molar-refractivity contribution in [2.75, 3.05) is 5.73 Å². The van der Waals surface area contributed by atoms with Gasteiger partial charge >= 0.3 is 0 Å². The lowest BCUT2D eigenvalue weighted by atomic mass is 10.2. The molecule has 100 valence electrons. The van der Waals surface area contributed by atoms with Crippen LogP contribution in [0.1, 0.15) is 36.9 Å². The molecule has 0 unspecified atom stereocenters. The molecule has 0 radical (unpaired) electrons. The molecule has 1 fully saturated rings. The second-order valence-corrected chi connectivity index (χ2v) is 5.14. The molecule has 1 aliphatic rings. The number of aromatic nitrogens is 2. The third-order valence-corrected chi connectivity index (χ3v) is 3.75. The van der Waals surface area contributed by atoms with Crippen LogP contribution in [0.5, 0.6) is 0 Å². The second kappa shape index (κ2) is 4.61. The van der Waals surface area contributed by atoms with E-state index >= 15 is 0 Å². The number of nitrogen functional groups attached to an aromatic ring is 1. The standard InChI is InChI=1S/C15H19N3O/c1-2-17-14(12-8-9-12)13(16)15(19)18(17)10-11-6-4-3-5-7-11/h3-7,12H,2,8-10,16H2,1H3. The Labute approximate surface area is 112 Å². The van der Waals surface area contributed by atoms with Crippen molar-refractivity contribution in [3.63, 3.8) is 0 Å². The third kappa shape index (κ3) is 2.07. The molecule has 3 rings (SSSR count). The summed E-state index contributed by atoms with van der Waals surface area (Å²) in [5, 5.41) is 0. The van der Waals surface area contributed by atoms with Gasteiger partial charge in [0.1, 0.15) is 5.69 Å². The molecular weight excluding hydrogens is 238 g/mol. The van der Waals surface area contributed by atoms with Gasteiger partial charge in [-0.1, -0.05) is 30.3 Å². The van der Waals surface area contributed by atoms with Gasteiger partial charge < -0.3 is 5.73 Å². The summed E-state index contributed by atoms with van der Waals surface area (Å²) >= 11 is 0. The van der Waals surface area contributed by atoms with Gasteiger partial charge in [0.05, 0.1) is 12.2 Å². The van der Waals surface area contributed by atoms with E-state index in [4.69, 9.17) is 5.73 Å². The third-order valence-electron chi connectivity index (χ3n) is 3.75. The molecule has 2 N–H and O–H groups in total. The molecule has 0 spiro atoms. The fourth-order valence-electron chi connectivity index (χ4n) is 2.67. The average Bonchev–Trinajstić information content (AvgIpc) is 3.23. The Morgan fingerprint density at radius 2 is 1.89 bits per heavy atom. The van der Waals surface area contributed by atoms with Gasteiger partial charge in [0.25, 0.3) is 5.56 Å². The molecule has 2 aromatic rings. The van der Waals surface area contributed by atoms with E-state index in [0.29, 0.717) is 18.2 Å². The summed E-state index contributed by atoms with van der Waals surface area (Å²) < 4.78 is 3.83. The zero-order valence-electron chi connectivity index (χ0n) is 11.2. The molecular formula is C15H19N3O. The molecule has 4 nitrogen and oxygen atoms in total. The second-order valence-electron chi connectivity index (χ2n) is 5.14. The van der Waals surface area contributed by atoms with Gasteiger partial charge in [-0.15, -0.1) is 0 Å². The Balaban J connectivity index is 2.05. The van der Waals surface area contributed by atoms with Crippen molar-refractivity contribution in [3.8, 4) is 0 Å². The quantitative estimate of drug-likeness (QED) is 0.912. The van der Waals surface area contributed by atoms with Crippen LogP contribution in [0, 0.1) is 0 Å². The van der Waals surface area contributed by atoms with E-state index in [2.05, 4.69) is 11.6 Å². The van der Waals surface area contributed by atoms with Gasteiger partial charge in [0, 0.05) is 12.5 Å². The average molecular weight is 257 g/mol. The van der Waals surface area contributed by atoms with Crippen molar-refractivity contribution in [2.24, 2.45) is 0 Å². The predicted molar refractivity (Wildman–Crippen MR) is 76.3 cm³/mol. The van der Waals surface area contributed by atoms with Crippen LogP contribution in [0.3, 0.4) is 0 Å². The summed E-state index contributed by atoms with van der Waals surface area (Å²) in [4.78, 5) is 12.3. The number of hydrogen-bond donors (Lipinski definition) is 1. The van der Waals surface area contributed by atoms with Gasteiger partial charge in [-0.25, -0.2) is 4.68 Å². The van der Waals surface area contributed by atoms with Crippen molar-refractivity contribution >= 4 is 5.69 Å². The van der Waals surface area contributed by atoms with E-state index in [-0.39, 0.29) is 5.56 Å². The maximum Gasteiger partial charge on any atom is 0.290 e. The summed E-state index contributed by atoms with van der Waals surface area (Å²) in [6.07, 6.45) is 2.30. The van der Waals surface area contributed by atoms with E-state index in [1.807, 2.05) is 30.3 Å². The Bertz CT molecular complexity index is 635. The maximum atomic E-state index is 12.3. The summed E-state index contributed by atoms with van der Waals surface area (Å²) in [6, 6.07) is 10.0. The first kappa shape index (κ1) is 12.1. The number of hydrogen-bond acceptors (Lipinski definition) is 2. The van der Waals surface area contributed by atoms with Crippen molar-refractivity contribution in [1.29, 1.82) is 0 Å². The molecule has 1 heterocycles. The first-order chi connectivity index (χ1) is 9.22. The topological polar surface area (TPSA) is 52.9 Å². The van der Waals surface area contributed by atoms with Gasteiger partial charge in [-0.05, 0) is 25.3 Å². The van der Waals surface area contributed by atoms with Crippen LogP contribution in [-0.2, 0) is 13.1 Å². The number of nitrogens with zero attached hydrogens (tertiary/aromatic N) is 2. The van der Waals surface area contributed by atoms with E-state index in [1.54, 1.807) is 4.68 Å². The molecule has 0 aliphatic heterocycles. The van der Waals surface area contributed by atoms with Crippen molar-refractivity contribution in [3.05, 3.63) is 51.9 Å². The first-order valence-corrected chi connectivity index (χ1v) is 6.85. The minimum Gasteiger partial charge on any atom is -0.393 e. The number of rotatable bonds is 4. The number of nitrogens with two attached hydrogens (primary N) is 1. The van der Waals surface area contributed by atoms with E-state index in [1.165, 1.54) is 0 Å². The highest BCUT2D eigenvalue weighted by Gasteiger charge is 2.31. The highest BCUT2D eigenvalue weighted by molar-refractivity contribution is 5.45. The monoisotopic (exact) mass is 257 g/mol. The molecule has 19 heavy (non-hydrogen) atoms. The van der Waals surface area contributed by atoms with Crippen LogP contribution in [0.25, 0.3) is 0 Å². The number of anilines is 1.